The van der Waals surface area contributed by atoms with E-state index in [0.29, 0.717) is 11.1 Å². The molecule has 1 saturated carbocycles. The monoisotopic (exact) mass is 778 g/mol. The SMILES string of the molecule is NC[C@H]1O[C@H](O[C@@H]2[C@@H](O)[C@H](O[C@H]3O[C@H](CO)[C@@H](O)[C@@H]4NC(=O)O[C@@H]34)[C@@H](NC(=O)OCc3ccccc3)C[C@H]2NC(=O)OCc2ccccc2)[C@H](O)[C@@H](O)[C@@H]1O. The number of benzene rings is 2. The number of nitrogens with one attached hydrogen (secondary N) is 3. The minimum absolute atomic E-state index is 0.132. The molecule has 4 fully saturated rings. The fourth-order valence-corrected chi connectivity index (χ4v) is 6.98. The second kappa shape index (κ2) is 18.2. The van der Waals surface area contributed by atoms with Crippen molar-refractivity contribution in [3.63, 3.8) is 0 Å². The summed E-state index contributed by atoms with van der Waals surface area (Å²) in [5.41, 5.74) is 7.05. The van der Waals surface area contributed by atoms with Crippen molar-refractivity contribution < 1.29 is 78.2 Å². The van der Waals surface area contributed by atoms with Crippen molar-refractivity contribution in [2.75, 3.05) is 13.2 Å². The molecular formula is C35H46N4O16. The summed E-state index contributed by atoms with van der Waals surface area (Å²) in [7, 11) is 0. The van der Waals surface area contributed by atoms with Gasteiger partial charge in [-0.2, -0.15) is 0 Å². The van der Waals surface area contributed by atoms with Crippen molar-refractivity contribution in [1.82, 2.24) is 16.0 Å². The zero-order valence-corrected chi connectivity index (χ0v) is 29.3. The number of ether oxygens (including phenoxy) is 7. The average Bonchev–Trinajstić information content (AvgIpc) is 3.59. The lowest BCUT2D eigenvalue weighted by atomic mass is 9.83. The zero-order chi connectivity index (χ0) is 39.2. The Bertz CT molecular complexity index is 1580. The van der Waals surface area contributed by atoms with Gasteiger partial charge in [0.25, 0.3) is 0 Å². The molecule has 0 unspecified atom stereocenters. The molecule has 2 aromatic rings. The number of amides is 3. The molecule has 55 heavy (non-hydrogen) atoms. The van der Waals surface area contributed by atoms with Gasteiger partial charge in [-0.3, -0.25) is 0 Å². The van der Waals surface area contributed by atoms with Crippen LogP contribution in [0.2, 0.25) is 0 Å². The summed E-state index contributed by atoms with van der Waals surface area (Å²) in [6, 6.07) is 14.0. The molecule has 20 nitrogen and oxygen atoms in total. The van der Waals surface area contributed by atoms with E-state index in [1.54, 1.807) is 60.7 Å². The van der Waals surface area contributed by atoms with Gasteiger partial charge in [0.15, 0.2) is 18.7 Å². The summed E-state index contributed by atoms with van der Waals surface area (Å²) in [5, 5.41) is 72.2. The first-order valence-electron chi connectivity index (χ1n) is 17.7. The van der Waals surface area contributed by atoms with Crippen LogP contribution in [0, 0.1) is 0 Å². The summed E-state index contributed by atoms with van der Waals surface area (Å²) in [6.07, 6.45) is -21.8. The molecule has 4 aliphatic rings. The van der Waals surface area contributed by atoms with Gasteiger partial charge in [-0.15, -0.1) is 0 Å². The third-order valence-electron chi connectivity index (χ3n) is 9.88. The molecule has 0 radical (unpaired) electrons. The van der Waals surface area contributed by atoms with Crippen molar-refractivity contribution in [2.24, 2.45) is 5.73 Å². The Morgan fingerprint density at radius 2 is 1.25 bits per heavy atom. The molecule has 3 saturated heterocycles. The summed E-state index contributed by atoms with van der Waals surface area (Å²) in [6.45, 7) is -1.25. The standard InChI is InChI=1S/C35H46N4O16/c36-12-20-24(42)25(43)26(44)31(51-20)53-28-18(37-33(46)49-14-16-7-3-1-4-8-16)11-19(38-34(47)50-15-17-9-5-2-6-10-17)29(27(28)45)54-32-30-22(39-35(48)55-30)23(41)21(13-40)52-32/h1-10,18-32,40-45H,11-15,36H2,(H,37,46)(H,38,47)(H,39,48)/t18-,19+,20-,21-,22+,23-,24-,25+,26-,27-,28+,29-,30-,31-,32-/m1/s1. The predicted molar refractivity (Wildman–Crippen MR) is 182 cm³/mol. The van der Waals surface area contributed by atoms with E-state index in [9.17, 15) is 45.0 Å². The molecule has 0 spiro atoms. The Hall–Kier alpha value is -4.19. The highest BCUT2D eigenvalue weighted by molar-refractivity contribution is 5.70. The van der Waals surface area contributed by atoms with Crippen molar-refractivity contribution in [2.45, 2.75) is 111 Å². The molecule has 3 heterocycles. The van der Waals surface area contributed by atoms with E-state index < -0.39 is 117 Å². The fraction of sp³-hybridized carbons (Fsp3) is 0.571. The Labute approximate surface area is 314 Å². The van der Waals surface area contributed by atoms with Gasteiger partial charge >= 0.3 is 18.3 Å². The van der Waals surface area contributed by atoms with Gasteiger partial charge in [-0.25, -0.2) is 14.4 Å². The molecule has 3 amide bonds. The number of aliphatic hydroxyl groups is 6. The number of nitrogens with two attached hydrogens (primary N) is 1. The maximum Gasteiger partial charge on any atom is 0.408 e. The maximum absolute atomic E-state index is 13.3. The van der Waals surface area contributed by atoms with E-state index in [2.05, 4.69) is 16.0 Å². The van der Waals surface area contributed by atoms with Crippen LogP contribution >= 0.6 is 0 Å². The number of hydrogen-bond acceptors (Lipinski definition) is 17. The minimum atomic E-state index is -1.87. The molecule has 1 aliphatic carbocycles. The first kappa shape index (κ1) is 40.5. The summed E-state index contributed by atoms with van der Waals surface area (Å²) >= 11 is 0. The number of aliphatic hydroxyl groups excluding tert-OH is 6. The molecule has 15 atom stereocenters. The lowest BCUT2D eigenvalue weighted by Gasteiger charge is -2.49. The van der Waals surface area contributed by atoms with E-state index in [1.807, 2.05) is 0 Å². The number of alkyl carbamates (subject to hydrolysis) is 3. The number of fused-ring (bicyclic) bond motifs is 1. The van der Waals surface area contributed by atoms with Crippen molar-refractivity contribution in [3.8, 4) is 0 Å². The van der Waals surface area contributed by atoms with Gasteiger partial charge in [0, 0.05) is 6.54 Å². The van der Waals surface area contributed by atoms with Crippen molar-refractivity contribution >= 4 is 18.3 Å². The smallest absolute Gasteiger partial charge is 0.408 e. The Kier molecular flexibility index (Phi) is 13.4. The van der Waals surface area contributed by atoms with Gasteiger partial charge in [0.2, 0.25) is 0 Å². The van der Waals surface area contributed by atoms with Crippen LogP contribution in [0.4, 0.5) is 14.4 Å². The zero-order valence-electron chi connectivity index (χ0n) is 29.3. The Balaban J connectivity index is 1.29. The molecule has 2 aromatic carbocycles. The first-order valence-corrected chi connectivity index (χ1v) is 17.7. The minimum Gasteiger partial charge on any atom is -0.445 e. The van der Waals surface area contributed by atoms with Crippen molar-refractivity contribution in [3.05, 3.63) is 71.8 Å². The second-order valence-corrected chi connectivity index (χ2v) is 13.6. The quantitative estimate of drug-likeness (QED) is 0.0991. The van der Waals surface area contributed by atoms with Gasteiger partial charge in [-0.1, -0.05) is 60.7 Å². The van der Waals surface area contributed by atoms with E-state index >= 15 is 0 Å². The van der Waals surface area contributed by atoms with Crippen LogP contribution in [0.15, 0.2) is 60.7 Å². The normalized spacial score (nSPS) is 37.1. The first-order chi connectivity index (χ1) is 26.5. The van der Waals surface area contributed by atoms with Crippen molar-refractivity contribution in [1.29, 1.82) is 0 Å². The van der Waals surface area contributed by atoms with E-state index in [-0.39, 0.29) is 26.2 Å². The third kappa shape index (κ3) is 9.44. The van der Waals surface area contributed by atoms with E-state index in [4.69, 9.17) is 38.9 Å². The summed E-state index contributed by atoms with van der Waals surface area (Å²) in [5.74, 6) is 0. The van der Waals surface area contributed by atoms with Crippen LogP contribution in [0.3, 0.4) is 0 Å². The lowest BCUT2D eigenvalue weighted by Crippen LogP contribution is -2.69. The fourth-order valence-electron chi connectivity index (χ4n) is 6.98. The van der Waals surface area contributed by atoms with Crippen LogP contribution in [0.25, 0.3) is 0 Å². The van der Waals surface area contributed by atoms with Gasteiger partial charge in [0.05, 0.1) is 18.7 Å². The topological polar surface area (TPSA) is 299 Å². The Morgan fingerprint density at radius 1 is 0.727 bits per heavy atom. The molecule has 6 rings (SSSR count). The van der Waals surface area contributed by atoms with Crippen LogP contribution in [0.5, 0.6) is 0 Å². The molecule has 0 bridgehead atoms. The van der Waals surface area contributed by atoms with Gasteiger partial charge < -0.3 is 85.5 Å². The number of carbonyl (C=O) groups is 3. The number of rotatable bonds is 12. The van der Waals surface area contributed by atoms with Crippen LogP contribution in [0.1, 0.15) is 17.5 Å². The highest BCUT2D eigenvalue weighted by Crippen LogP contribution is 2.35. The lowest BCUT2D eigenvalue weighted by molar-refractivity contribution is -0.331. The van der Waals surface area contributed by atoms with Crippen LogP contribution in [-0.4, -0.2) is 154 Å². The molecular weight excluding hydrogens is 732 g/mol. The predicted octanol–water partition coefficient (Wildman–Crippen LogP) is -2.57. The Morgan fingerprint density at radius 3 is 1.78 bits per heavy atom. The van der Waals surface area contributed by atoms with Gasteiger partial charge in [-0.05, 0) is 17.5 Å². The highest BCUT2D eigenvalue weighted by Gasteiger charge is 2.56. The summed E-state index contributed by atoms with van der Waals surface area (Å²) < 4.78 is 39.9. The summed E-state index contributed by atoms with van der Waals surface area (Å²) in [4.78, 5) is 38.7. The van der Waals surface area contributed by atoms with Crippen LogP contribution in [-0.2, 0) is 46.4 Å². The molecule has 0 aromatic heterocycles. The average molecular weight is 779 g/mol. The molecule has 11 N–H and O–H groups in total. The van der Waals surface area contributed by atoms with E-state index in [0.717, 1.165) is 0 Å². The van der Waals surface area contributed by atoms with E-state index in [1.165, 1.54) is 0 Å². The molecule has 3 aliphatic heterocycles. The van der Waals surface area contributed by atoms with Gasteiger partial charge in [0.1, 0.15) is 74.2 Å². The highest BCUT2D eigenvalue weighted by atomic mass is 16.7. The molecule has 302 valence electrons. The number of carbonyl (C=O) groups excluding carboxylic acids is 3. The molecule has 20 heteroatoms. The van der Waals surface area contributed by atoms with Crippen LogP contribution < -0.4 is 21.7 Å². The second-order valence-electron chi connectivity index (χ2n) is 13.6. The maximum atomic E-state index is 13.3. The number of hydrogen-bond donors (Lipinski definition) is 10. The third-order valence-corrected chi connectivity index (χ3v) is 9.88. The largest absolute Gasteiger partial charge is 0.445 e.